The largest absolute Gasteiger partial charge is 0.368 e. The molecule has 2 aromatic heterocycles. The van der Waals surface area contributed by atoms with Crippen molar-refractivity contribution in [3.8, 4) is 0 Å². The van der Waals surface area contributed by atoms with Gasteiger partial charge in [0.15, 0.2) is 0 Å². The van der Waals surface area contributed by atoms with E-state index in [-0.39, 0.29) is 5.95 Å². The quantitative estimate of drug-likeness (QED) is 0.774. The second-order valence-electron chi connectivity index (χ2n) is 4.05. The lowest BCUT2D eigenvalue weighted by Crippen LogP contribution is -2.04. The molecule has 19 heavy (non-hydrogen) atoms. The number of aromatic nitrogens is 2. The number of halogens is 1. The first-order valence-electron chi connectivity index (χ1n) is 5.71. The van der Waals surface area contributed by atoms with Gasteiger partial charge in [0.25, 0.3) is 0 Å². The third-order valence-electron chi connectivity index (χ3n) is 2.72. The molecule has 1 aromatic carbocycles. The van der Waals surface area contributed by atoms with Crippen molar-refractivity contribution in [2.24, 2.45) is 0 Å². The summed E-state index contributed by atoms with van der Waals surface area (Å²) in [4.78, 5) is 9.33. The second kappa shape index (κ2) is 5.03. The molecule has 0 aliphatic rings. The molecule has 0 atom stereocenters. The van der Waals surface area contributed by atoms with E-state index in [4.69, 9.17) is 17.3 Å². The van der Waals surface area contributed by atoms with E-state index in [2.05, 4.69) is 15.3 Å². The number of thiophene rings is 1. The molecule has 0 saturated carbocycles. The first kappa shape index (κ1) is 12.2. The highest BCUT2D eigenvalue weighted by Gasteiger charge is 2.06. The Bertz CT molecular complexity index is 708. The lowest BCUT2D eigenvalue weighted by molar-refractivity contribution is 1.11. The monoisotopic (exact) mass is 290 g/mol. The third kappa shape index (κ3) is 2.62. The van der Waals surface area contributed by atoms with Crippen molar-refractivity contribution in [2.45, 2.75) is 6.54 Å². The van der Waals surface area contributed by atoms with Gasteiger partial charge in [0, 0.05) is 11.6 Å². The van der Waals surface area contributed by atoms with Crippen LogP contribution in [0.25, 0.3) is 10.2 Å². The molecule has 0 fully saturated rings. The summed E-state index contributed by atoms with van der Waals surface area (Å²) in [6, 6.07) is 9.68. The molecule has 96 valence electrons. The molecule has 0 aliphatic carbocycles. The number of anilines is 2. The summed E-state index contributed by atoms with van der Waals surface area (Å²) in [5.41, 5.74) is 6.83. The van der Waals surface area contributed by atoms with Crippen LogP contribution >= 0.6 is 22.9 Å². The van der Waals surface area contributed by atoms with Crippen molar-refractivity contribution < 1.29 is 0 Å². The Morgan fingerprint density at radius 2 is 1.95 bits per heavy atom. The van der Waals surface area contributed by atoms with Gasteiger partial charge in [0.1, 0.15) is 10.6 Å². The van der Waals surface area contributed by atoms with Crippen LogP contribution in [-0.4, -0.2) is 9.97 Å². The number of nitrogens with zero attached hydrogens (tertiary/aromatic N) is 2. The summed E-state index contributed by atoms with van der Waals surface area (Å²) in [6.45, 7) is 0.665. The Labute approximate surface area is 119 Å². The van der Waals surface area contributed by atoms with Crippen LogP contribution in [0.1, 0.15) is 5.56 Å². The van der Waals surface area contributed by atoms with Gasteiger partial charge in [-0.25, -0.2) is 4.98 Å². The van der Waals surface area contributed by atoms with Crippen molar-refractivity contribution in [3.05, 3.63) is 46.3 Å². The number of nitrogen functional groups attached to an aromatic ring is 1. The van der Waals surface area contributed by atoms with E-state index in [1.807, 2.05) is 35.7 Å². The minimum atomic E-state index is 0.286. The lowest BCUT2D eigenvalue weighted by atomic mass is 10.2. The van der Waals surface area contributed by atoms with Gasteiger partial charge in [-0.05, 0) is 29.1 Å². The summed E-state index contributed by atoms with van der Waals surface area (Å²) in [6.07, 6.45) is 0. The molecular formula is C13H11ClN4S. The van der Waals surface area contributed by atoms with Crippen LogP contribution in [0.3, 0.4) is 0 Å². The smallest absolute Gasteiger partial charge is 0.223 e. The van der Waals surface area contributed by atoms with E-state index in [0.29, 0.717) is 6.54 Å². The fourth-order valence-corrected chi connectivity index (χ4v) is 2.69. The van der Waals surface area contributed by atoms with Crippen LogP contribution in [0.15, 0.2) is 35.7 Å². The Balaban J connectivity index is 1.85. The predicted octanol–water partition coefficient (Wildman–Crippen LogP) is 3.54. The number of rotatable bonds is 3. The number of hydrogen-bond acceptors (Lipinski definition) is 5. The third-order valence-corrected chi connectivity index (χ3v) is 3.77. The molecule has 0 spiro atoms. The summed E-state index contributed by atoms with van der Waals surface area (Å²) in [7, 11) is 0. The minimum Gasteiger partial charge on any atom is -0.368 e. The first-order valence-corrected chi connectivity index (χ1v) is 6.97. The van der Waals surface area contributed by atoms with Crippen molar-refractivity contribution in [2.75, 3.05) is 11.1 Å². The molecule has 2 heterocycles. The molecule has 0 radical (unpaired) electrons. The second-order valence-corrected chi connectivity index (χ2v) is 5.38. The molecule has 0 amide bonds. The highest BCUT2D eigenvalue weighted by Crippen LogP contribution is 2.26. The number of fused-ring (bicyclic) bond motifs is 1. The van der Waals surface area contributed by atoms with Crippen LogP contribution in [0.2, 0.25) is 5.02 Å². The minimum absolute atomic E-state index is 0.286. The lowest BCUT2D eigenvalue weighted by Gasteiger charge is -2.07. The van der Waals surface area contributed by atoms with E-state index in [1.165, 1.54) is 0 Å². The van der Waals surface area contributed by atoms with Gasteiger partial charge in [-0.15, -0.1) is 11.3 Å². The van der Waals surface area contributed by atoms with E-state index in [0.717, 1.165) is 26.6 Å². The van der Waals surface area contributed by atoms with Gasteiger partial charge in [0.05, 0.1) is 5.39 Å². The zero-order valence-corrected chi connectivity index (χ0v) is 11.5. The van der Waals surface area contributed by atoms with Crippen LogP contribution in [0.5, 0.6) is 0 Å². The van der Waals surface area contributed by atoms with Crippen LogP contribution in [0.4, 0.5) is 11.8 Å². The SMILES string of the molecule is Nc1nc(NCc2ccc(Cl)cc2)c2ccsc2n1. The topological polar surface area (TPSA) is 63.8 Å². The average molecular weight is 291 g/mol. The number of benzene rings is 1. The van der Waals surface area contributed by atoms with Gasteiger partial charge in [-0.1, -0.05) is 23.7 Å². The summed E-state index contributed by atoms with van der Waals surface area (Å²) >= 11 is 7.41. The molecule has 3 aromatic rings. The Kier molecular flexibility index (Phi) is 3.23. The fourth-order valence-electron chi connectivity index (χ4n) is 1.79. The Morgan fingerprint density at radius 3 is 2.74 bits per heavy atom. The van der Waals surface area contributed by atoms with E-state index in [9.17, 15) is 0 Å². The van der Waals surface area contributed by atoms with Crippen LogP contribution in [0, 0.1) is 0 Å². The van der Waals surface area contributed by atoms with Gasteiger partial charge in [-0.2, -0.15) is 4.98 Å². The van der Waals surface area contributed by atoms with Crippen molar-refractivity contribution in [3.63, 3.8) is 0 Å². The van der Waals surface area contributed by atoms with E-state index < -0.39 is 0 Å². The van der Waals surface area contributed by atoms with Crippen molar-refractivity contribution >= 4 is 44.9 Å². The Morgan fingerprint density at radius 1 is 1.16 bits per heavy atom. The average Bonchev–Trinajstić information content (AvgIpc) is 2.85. The van der Waals surface area contributed by atoms with Crippen molar-refractivity contribution in [1.29, 1.82) is 0 Å². The predicted molar refractivity (Wildman–Crippen MR) is 80.6 cm³/mol. The normalized spacial score (nSPS) is 10.8. The highest BCUT2D eigenvalue weighted by molar-refractivity contribution is 7.16. The van der Waals surface area contributed by atoms with E-state index >= 15 is 0 Å². The fraction of sp³-hybridized carbons (Fsp3) is 0.0769. The maximum atomic E-state index is 5.86. The molecule has 3 N–H and O–H groups in total. The zero-order valence-electron chi connectivity index (χ0n) is 9.93. The number of nitrogens with one attached hydrogen (secondary N) is 1. The highest BCUT2D eigenvalue weighted by atomic mass is 35.5. The van der Waals surface area contributed by atoms with Gasteiger partial charge >= 0.3 is 0 Å². The standard InChI is InChI=1S/C13H11ClN4S/c14-9-3-1-8(2-4-9)7-16-11-10-5-6-19-12(10)18-13(15)17-11/h1-6H,7H2,(H3,15,16,17,18). The zero-order chi connectivity index (χ0) is 13.2. The van der Waals surface area contributed by atoms with Gasteiger partial charge in [0.2, 0.25) is 5.95 Å². The van der Waals surface area contributed by atoms with Crippen molar-refractivity contribution in [1.82, 2.24) is 9.97 Å². The molecule has 0 saturated heterocycles. The summed E-state index contributed by atoms with van der Waals surface area (Å²) < 4.78 is 0. The summed E-state index contributed by atoms with van der Waals surface area (Å²) in [5, 5.41) is 6.99. The maximum Gasteiger partial charge on any atom is 0.223 e. The number of hydrogen-bond donors (Lipinski definition) is 2. The number of nitrogens with two attached hydrogens (primary N) is 1. The maximum absolute atomic E-state index is 5.86. The molecule has 4 nitrogen and oxygen atoms in total. The molecule has 0 unspecified atom stereocenters. The molecule has 3 rings (SSSR count). The van der Waals surface area contributed by atoms with Gasteiger partial charge < -0.3 is 11.1 Å². The molecular weight excluding hydrogens is 280 g/mol. The van der Waals surface area contributed by atoms with E-state index in [1.54, 1.807) is 11.3 Å². The first-order chi connectivity index (χ1) is 9.22. The van der Waals surface area contributed by atoms with Gasteiger partial charge in [-0.3, -0.25) is 0 Å². The molecule has 0 aliphatic heterocycles. The molecule has 6 heteroatoms. The van der Waals surface area contributed by atoms with Crippen LogP contribution in [-0.2, 0) is 6.54 Å². The Hall–Kier alpha value is -1.85. The summed E-state index contributed by atoms with van der Waals surface area (Å²) in [5.74, 6) is 1.05. The molecule has 0 bridgehead atoms. The van der Waals surface area contributed by atoms with Crippen LogP contribution < -0.4 is 11.1 Å².